The fourth-order valence-electron chi connectivity index (χ4n) is 4.97. The lowest BCUT2D eigenvalue weighted by molar-refractivity contribution is -0.137. The number of rotatable bonds is 4. The first-order valence-corrected chi connectivity index (χ1v) is 12.1. The molecule has 36 heavy (non-hydrogen) atoms. The highest BCUT2D eigenvalue weighted by atomic mass is 19.4. The standard InChI is InChI=1S/C29H25F3N4/c30-29(31,32)22-8-4-7-21(17-22)25-11-12-26-28(34-25)24-10-9-23(18-27(24)33-26)36-15-13-35(14-16-36)19-20-5-2-1-3-6-20/h1-12,17-18,33H,13-16,19H2. The molecule has 1 fully saturated rings. The molecule has 7 heteroatoms. The number of benzene rings is 3. The van der Waals surface area contributed by atoms with Crippen molar-refractivity contribution in [3.05, 3.63) is 96.1 Å². The number of nitrogens with one attached hydrogen (secondary N) is 1. The minimum atomic E-state index is -4.38. The van der Waals surface area contributed by atoms with E-state index in [2.05, 4.69) is 57.2 Å². The smallest absolute Gasteiger partial charge is 0.369 e. The number of H-pyrrole nitrogens is 1. The fourth-order valence-corrected chi connectivity index (χ4v) is 4.97. The van der Waals surface area contributed by atoms with Gasteiger partial charge in [0.25, 0.3) is 0 Å². The summed E-state index contributed by atoms with van der Waals surface area (Å²) in [6, 6.07) is 25.8. The summed E-state index contributed by atoms with van der Waals surface area (Å²) in [7, 11) is 0. The number of aromatic nitrogens is 2. The van der Waals surface area contributed by atoms with Gasteiger partial charge >= 0.3 is 6.18 Å². The zero-order valence-electron chi connectivity index (χ0n) is 19.6. The lowest BCUT2D eigenvalue weighted by atomic mass is 10.1. The van der Waals surface area contributed by atoms with Crippen LogP contribution >= 0.6 is 0 Å². The molecule has 5 aromatic rings. The minimum absolute atomic E-state index is 0.450. The molecule has 6 rings (SSSR count). The fraction of sp³-hybridized carbons (Fsp3) is 0.207. The van der Waals surface area contributed by atoms with Crippen LogP contribution < -0.4 is 4.90 Å². The Morgan fingerprint density at radius 3 is 2.36 bits per heavy atom. The van der Waals surface area contributed by atoms with Crippen molar-refractivity contribution in [3.8, 4) is 11.3 Å². The van der Waals surface area contributed by atoms with E-state index in [9.17, 15) is 13.2 Å². The van der Waals surface area contributed by atoms with E-state index in [1.165, 1.54) is 11.6 Å². The second-order valence-electron chi connectivity index (χ2n) is 9.27. The van der Waals surface area contributed by atoms with E-state index in [1.807, 2.05) is 12.1 Å². The molecule has 1 saturated heterocycles. The predicted molar refractivity (Wildman–Crippen MR) is 138 cm³/mol. The van der Waals surface area contributed by atoms with Gasteiger partial charge in [0, 0.05) is 49.4 Å². The van der Waals surface area contributed by atoms with Gasteiger partial charge in [0.05, 0.1) is 27.8 Å². The van der Waals surface area contributed by atoms with Crippen LogP contribution in [0.15, 0.2) is 84.9 Å². The molecule has 2 aromatic heterocycles. The zero-order valence-corrected chi connectivity index (χ0v) is 19.6. The predicted octanol–water partition coefficient (Wildman–Crippen LogP) is 6.72. The van der Waals surface area contributed by atoms with Crippen LogP contribution in [0.1, 0.15) is 11.1 Å². The molecule has 0 bridgehead atoms. The quantitative estimate of drug-likeness (QED) is 0.306. The maximum Gasteiger partial charge on any atom is 0.416 e. The second-order valence-corrected chi connectivity index (χ2v) is 9.27. The molecule has 0 amide bonds. The molecule has 0 atom stereocenters. The van der Waals surface area contributed by atoms with E-state index < -0.39 is 11.7 Å². The lowest BCUT2D eigenvalue weighted by Gasteiger charge is -2.36. The van der Waals surface area contributed by atoms with E-state index in [0.29, 0.717) is 11.3 Å². The Bertz CT molecular complexity index is 1520. The molecule has 4 nitrogen and oxygen atoms in total. The van der Waals surface area contributed by atoms with Crippen LogP contribution in [0, 0.1) is 0 Å². The number of pyridine rings is 1. The van der Waals surface area contributed by atoms with Crippen LogP contribution in [0.5, 0.6) is 0 Å². The Morgan fingerprint density at radius 1 is 0.778 bits per heavy atom. The molecule has 3 heterocycles. The highest BCUT2D eigenvalue weighted by Gasteiger charge is 2.30. The van der Waals surface area contributed by atoms with E-state index in [4.69, 9.17) is 4.98 Å². The van der Waals surface area contributed by atoms with Gasteiger partial charge in [-0.3, -0.25) is 4.90 Å². The van der Waals surface area contributed by atoms with E-state index >= 15 is 0 Å². The van der Waals surface area contributed by atoms with Gasteiger partial charge in [0.1, 0.15) is 0 Å². The first-order chi connectivity index (χ1) is 17.4. The maximum atomic E-state index is 13.2. The molecule has 1 aliphatic heterocycles. The summed E-state index contributed by atoms with van der Waals surface area (Å²) in [5.41, 5.74) is 5.40. The van der Waals surface area contributed by atoms with Gasteiger partial charge in [-0.1, -0.05) is 42.5 Å². The molecule has 0 radical (unpaired) electrons. The summed E-state index contributed by atoms with van der Waals surface area (Å²) in [6.45, 7) is 4.88. The van der Waals surface area contributed by atoms with Gasteiger partial charge in [-0.25, -0.2) is 4.98 Å². The number of piperazine rings is 1. The molecule has 0 saturated carbocycles. The molecule has 1 N–H and O–H groups in total. The third-order valence-electron chi connectivity index (χ3n) is 6.89. The lowest BCUT2D eigenvalue weighted by Crippen LogP contribution is -2.45. The number of hydrogen-bond acceptors (Lipinski definition) is 3. The Balaban J connectivity index is 1.23. The molecule has 182 valence electrons. The van der Waals surface area contributed by atoms with E-state index in [0.717, 1.165) is 72.5 Å². The molecule has 1 aliphatic rings. The summed E-state index contributed by atoms with van der Waals surface area (Å²) in [5, 5.41) is 0.963. The third-order valence-corrected chi connectivity index (χ3v) is 6.89. The number of anilines is 1. The SMILES string of the molecule is FC(F)(F)c1cccc(-c2ccc3[nH]c4cc(N5CCN(Cc6ccccc6)CC5)ccc4c3n2)c1. The number of nitrogens with zero attached hydrogens (tertiary/aromatic N) is 3. The van der Waals surface area contributed by atoms with Crippen molar-refractivity contribution in [1.29, 1.82) is 0 Å². The summed E-state index contributed by atoms with van der Waals surface area (Å²) in [6.07, 6.45) is -4.38. The zero-order chi connectivity index (χ0) is 24.7. The Morgan fingerprint density at radius 2 is 1.58 bits per heavy atom. The second kappa shape index (κ2) is 8.99. The van der Waals surface area contributed by atoms with Gasteiger partial charge in [-0.2, -0.15) is 13.2 Å². The number of fused-ring (bicyclic) bond motifs is 3. The summed E-state index contributed by atoms with van der Waals surface area (Å²) >= 11 is 0. The first-order valence-electron chi connectivity index (χ1n) is 12.1. The summed E-state index contributed by atoms with van der Waals surface area (Å²) in [5.74, 6) is 0. The van der Waals surface area contributed by atoms with Crippen molar-refractivity contribution >= 4 is 27.6 Å². The van der Waals surface area contributed by atoms with Crippen LogP contribution in [-0.2, 0) is 12.7 Å². The summed E-state index contributed by atoms with van der Waals surface area (Å²) < 4.78 is 39.5. The third kappa shape index (κ3) is 4.42. The Kier molecular flexibility index (Phi) is 5.64. The van der Waals surface area contributed by atoms with Crippen molar-refractivity contribution in [2.75, 3.05) is 31.1 Å². The molecule has 3 aromatic carbocycles. The van der Waals surface area contributed by atoms with Gasteiger partial charge in [0.15, 0.2) is 0 Å². The number of aromatic amines is 1. The van der Waals surface area contributed by atoms with Crippen molar-refractivity contribution in [3.63, 3.8) is 0 Å². The molecule has 0 aliphatic carbocycles. The summed E-state index contributed by atoms with van der Waals surface area (Å²) in [4.78, 5) is 13.0. The largest absolute Gasteiger partial charge is 0.416 e. The Hall–Kier alpha value is -3.84. The average Bonchev–Trinajstić information content (AvgIpc) is 3.26. The van der Waals surface area contributed by atoms with Crippen LogP contribution in [0.25, 0.3) is 33.2 Å². The van der Waals surface area contributed by atoms with Crippen molar-refractivity contribution < 1.29 is 13.2 Å². The van der Waals surface area contributed by atoms with Gasteiger partial charge in [-0.05, 0) is 48.0 Å². The van der Waals surface area contributed by atoms with Gasteiger partial charge < -0.3 is 9.88 Å². The normalized spacial score (nSPS) is 15.1. The van der Waals surface area contributed by atoms with Crippen LogP contribution in [0.3, 0.4) is 0 Å². The van der Waals surface area contributed by atoms with E-state index in [-0.39, 0.29) is 0 Å². The number of halogens is 3. The molecular weight excluding hydrogens is 461 g/mol. The first kappa shape index (κ1) is 22.6. The Labute approximate surface area is 207 Å². The number of alkyl halides is 3. The van der Waals surface area contributed by atoms with Crippen molar-refractivity contribution in [1.82, 2.24) is 14.9 Å². The maximum absolute atomic E-state index is 13.2. The van der Waals surface area contributed by atoms with Gasteiger partial charge in [-0.15, -0.1) is 0 Å². The highest BCUT2D eigenvalue weighted by Crippen LogP contribution is 2.33. The number of hydrogen-bond donors (Lipinski definition) is 1. The van der Waals surface area contributed by atoms with Crippen LogP contribution in [-0.4, -0.2) is 41.0 Å². The molecule has 0 unspecified atom stereocenters. The topological polar surface area (TPSA) is 35.2 Å². The average molecular weight is 487 g/mol. The van der Waals surface area contributed by atoms with Crippen molar-refractivity contribution in [2.45, 2.75) is 12.7 Å². The minimum Gasteiger partial charge on any atom is -0.369 e. The highest BCUT2D eigenvalue weighted by molar-refractivity contribution is 6.06. The van der Waals surface area contributed by atoms with Gasteiger partial charge in [0.2, 0.25) is 0 Å². The van der Waals surface area contributed by atoms with Crippen molar-refractivity contribution in [2.24, 2.45) is 0 Å². The van der Waals surface area contributed by atoms with Crippen LogP contribution in [0.4, 0.5) is 18.9 Å². The molecule has 0 spiro atoms. The monoisotopic (exact) mass is 486 g/mol. The van der Waals surface area contributed by atoms with Crippen LogP contribution in [0.2, 0.25) is 0 Å². The molecular formula is C29H25F3N4. The van der Waals surface area contributed by atoms with E-state index in [1.54, 1.807) is 12.1 Å².